The van der Waals surface area contributed by atoms with E-state index in [0.29, 0.717) is 45.5 Å². The Labute approximate surface area is 374 Å². The van der Waals surface area contributed by atoms with Crippen molar-refractivity contribution in [2.75, 3.05) is 13.7 Å². The number of ether oxygens (including phenoxy) is 3. The zero-order valence-corrected chi connectivity index (χ0v) is 38.5. The van der Waals surface area contributed by atoms with Crippen LogP contribution >= 0.6 is 22.7 Å². The predicted octanol–water partition coefficient (Wildman–Crippen LogP) is 7.56. The zero-order valence-electron chi connectivity index (χ0n) is 36.1. The molecule has 3 aromatic heterocycles. The Kier molecular flexibility index (Phi) is 12.0. The molecule has 2 saturated carbocycles. The smallest absolute Gasteiger partial charge is 0.357 e. The number of thiazole rings is 1. The molecule has 1 N–H and O–H groups in total. The van der Waals surface area contributed by atoms with Crippen LogP contribution in [0.4, 0.5) is 0 Å². The largest absolute Gasteiger partial charge is 0.491 e. The van der Waals surface area contributed by atoms with E-state index in [1.165, 1.54) is 29.8 Å². The normalized spacial score (nSPS) is 21.6. The van der Waals surface area contributed by atoms with Gasteiger partial charge in [-0.1, -0.05) is 45.0 Å². The fourth-order valence-electron chi connectivity index (χ4n) is 8.37. The molecule has 0 bridgehead atoms. The van der Waals surface area contributed by atoms with Gasteiger partial charge in [-0.15, -0.1) is 29.3 Å². The van der Waals surface area contributed by atoms with Crippen molar-refractivity contribution in [2.24, 2.45) is 22.7 Å². The van der Waals surface area contributed by atoms with Crippen LogP contribution in [0.2, 0.25) is 0 Å². The van der Waals surface area contributed by atoms with Crippen LogP contribution in [-0.4, -0.2) is 89.0 Å². The van der Waals surface area contributed by atoms with Gasteiger partial charge in [-0.05, 0) is 74.8 Å². The zero-order chi connectivity index (χ0) is 45.0. The first-order chi connectivity index (χ1) is 29.9. The van der Waals surface area contributed by atoms with Gasteiger partial charge in [-0.25, -0.2) is 23.2 Å². The SMILES string of the molecule is C=C[C@@H]1C[C@]1(CC(=O)[C@@H]1C[C@@H](Oc2nc(-c3ccc(OC(C)C)cc3)nc3c2sc2ccccc23)CN1C(=O)[C@@H](Cc1nc(C(=O)OC)cs1)C(C)(C)C)C(=O)NS(=O)(=O)C1CC1. The van der Waals surface area contributed by atoms with E-state index >= 15 is 4.79 Å². The molecule has 0 spiro atoms. The number of Topliss-reactive ketones (excluding diaryl/α,β-unsaturated/α-hetero) is 1. The first kappa shape index (κ1) is 44.4. The van der Waals surface area contributed by atoms with Crippen molar-refractivity contribution in [3.63, 3.8) is 0 Å². The Morgan fingerprint density at radius 3 is 2.43 bits per heavy atom. The number of ketones is 1. The third kappa shape index (κ3) is 9.09. The van der Waals surface area contributed by atoms with E-state index in [1.807, 2.05) is 83.1 Å². The van der Waals surface area contributed by atoms with Gasteiger partial charge in [-0.2, -0.15) is 4.98 Å². The van der Waals surface area contributed by atoms with E-state index < -0.39 is 62.0 Å². The van der Waals surface area contributed by atoms with Crippen molar-refractivity contribution in [1.82, 2.24) is 24.6 Å². The van der Waals surface area contributed by atoms with Gasteiger partial charge in [0.25, 0.3) is 0 Å². The van der Waals surface area contributed by atoms with E-state index in [2.05, 4.69) is 16.3 Å². The van der Waals surface area contributed by atoms with Crippen molar-refractivity contribution in [2.45, 2.75) is 96.6 Å². The molecule has 3 fully saturated rings. The lowest BCUT2D eigenvalue weighted by Crippen LogP contribution is -2.48. The number of esters is 1. The molecule has 1 aliphatic heterocycles. The summed E-state index contributed by atoms with van der Waals surface area (Å²) < 4.78 is 47.3. The quantitative estimate of drug-likeness (QED) is 0.0759. The van der Waals surface area contributed by atoms with Crippen LogP contribution in [0.1, 0.15) is 82.2 Å². The minimum absolute atomic E-state index is 0.00139. The van der Waals surface area contributed by atoms with Gasteiger partial charge < -0.3 is 19.1 Å². The van der Waals surface area contributed by atoms with E-state index in [1.54, 1.807) is 16.4 Å². The van der Waals surface area contributed by atoms with Crippen LogP contribution in [0.5, 0.6) is 11.6 Å². The Bertz CT molecular complexity index is 2720. The lowest BCUT2D eigenvalue weighted by atomic mass is 9.77. The molecule has 8 rings (SSSR count). The highest BCUT2D eigenvalue weighted by Crippen LogP contribution is 2.57. The molecule has 2 aliphatic carbocycles. The Morgan fingerprint density at radius 2 is 1.78 bits per heavy atom. The van der Waals surface area contributed by atoms with Crippen LogP contribution in [0.3, 0.4) is 0 Å². The molecular weight excluding hydrogens is 863 g/mol. The maximum Gasteiger partial charge on any atom is 0.357 e. The molecule has 4 heterocycles. The number of nitrogens with zero attached hydrogens (tertiary/aromatic N) is 4. The standard InChI is InChI=1S/C46H51N5O9S3/c1-8-27-21-46(27,44(55)50-63(56,57)30-17-18-30)22-35(52)34-19-29(23-51(34)42(53)32(45(4,5)6)20-37-47-33(24-61-37)43(54)58-7)60-41-39-38(31-11-9-10-12-36(31)62-39)48-40(49-41)26-13-15-28(16-14-26)59-25(2)3/h8-16,24-25,27,29-30,32,34H,1,17-23H2,2-7H3,(H,50,55)/t27-,29-,32-,34+,46-/m1/s1. The fraction of sp³-hybridized carbons (Fsp3) is 0.457. The van der Waals surface area contributed by atoms with E-state index in [4.69, 9.17) is 24.2 Å². The van der Waals surface area contributed by atoms with Crippen molar-refractivity contribution in [3.05, 3.63) is 77.3 Å². The molecule has 0 radical (unpaired) electrons. The second-order valence-electron chi connectivity index (χ2n) is 18.1. The summed E-state index contributed by atoms with van der Waals surface area (Å²) in [6.07, 6.45) is 2.07. The van der Waals surface area contributed by atoms with Gasteiger partial charge in [0, 0.05) is 46.2 Å². The molecule has 17 heteroatoms. The summed E-state index contributed by atoms with van der Waals surface area (Å²) >= 11 is 2.74. The summed E-state index contributed by atoms with van der Waals surface area (Å²) in [5, 5.41) is 2.46. The second kappa shape index (κ2) is 17.0. The molecule has 332 valence electrons. The number of amides is 2. The monoisotopic (exact) mass is 913 g/mol. The molecule has 3 aliphatic rings. The number of carbonyl (C=O) groups is 4. The van der Waals surface area contributed by atoms with Gasteiger partial charge in [-0.3, -0.25) is 19.1 Å². The molecule has 5 atom stereocenters. The van der Waals surface area contributed by atoms with Crippen molar-refractivity contribution < 1.29 is 41.8 Å². The summed E-state index contributed by atoms with van der Waals surface area (Å²) in [6, 6.07) is 14.4. The predicted molar refractivity (Wildman–Crippen MR) is 241 cm³/mol. The van der Waals surface area contributed by atoms with Gasteiger partial charge in [0.2, 0.25) is 27.7 Å². The second-order valence-corrected chi connectivity index (χ2v) is 22.0. The molecular formula is C46H51N5O9S3. The first-order valence-corrected chi connectivity index (χ1v) is 24.3. The average Bonchev–Trinajstić information content (AvgIpc) is 4.07. The lowest BCUT2D eigenvalue weighted by Gasteiger charge is -2.35. The van der Waals surface area contributed by atoms with Gasteiger partial charge in [0.15, 0.2) is 17.3 Å². The van der Waals surface area contributed by atoms with Gasteiger partial charge in [0.05, 0.1) is 47.0 Å². The van der Waals surface area contributed by atoms with Crippen molar-refractivity contribution in [1.29, 1.82) is 0 Å². The highest BCUT2D eigenvalue weighted by molar-refractivity contribution is 7.90. The lowest BCUT2D eigenvalue weighted by molar-refractivity contribution is -0.144. The molecule has 14 nitrogen and oxygen atoms in total. The van der Waals surface area contributed by atoms with E-state index in [9.17, 15) is 22.8 Å². The summed E-state index contributed by atoms with van der Waals surface area (Å²) in [4.78, 5) is 71.9. The number of carbonyl (C=O) groups excluding carboxylic acids is 4. The maximum atomic E-state index is 15.1. The van der Waals surface area contributed by atoms with Crippen LogP contribution in [0.25, 0.3) is 31.7 Å². The van der Waals surface area contributed by atoms with Crippen molar-refractivity contribution in [3.8, 4) is 23.0 Å². The van der Waals surface area contributed by atoms with Crippen LogP contribution in [0.15, 0.2) is 66.6 Å². The summed E-state index contributed by atoms with van der Waals surface area (Å²) in [6.45, 7) is 13.6. The minimum Gasteiger partial charge on any atom is -0.491 e. The number of allylic oxidation sites excluding steroid dienone is 1. The number of hydrogen-bond acceptors (Lipinski definition) is 14. The molecule has 63 heavy (non-hydrogen) atoms. The average molecular weight is 914 g/mol. The number of nitrogens with one attached hydrogen (secondary N) is 1. The summed E-state index contributed by atoms with van der Waals surface area (Å²) in [5.41, 5.74) is -0.348. The van der Waals surface area contributed by atoms with Crippen LogP contribution in [0, 0.1) is 22.7 Å². The number of aromatic nitrogens is 3. The number of sulfonamides is 1. The first-order valence-electron chi connectivity index (χ1n) is 21.1. The highest BCUT2D eigenvalue weighted by Gasteiger charge is 2.61. The van der Waals surface area contributed by atoms with Crippen molar-refractivity contribution >= 4 is 76.6 Å². The highest BCUT2D eigenvalue weighted by atomic mass is 32.2. The molecule has 2 aromatic carbocycles. The van der Waals surface area contributed by atoms with Gasteiger partial charge >= 0.3 is 5.97 Å². The van der Waals surface area contributed by atoms with Gasteiger partial charge in [0.1, 0.15) is 16.6 Å². The third-order valence-electron chi connectivity index (χ3n) is 12.1. The number of thiophene rings is 1. The van der Waals surface area contributed by atoms with Crippen LogP contribution in [-0.2, 0) is 35.6 Å². The number of fused-ring (bicyclic) bond motifs is 3. The number of hydrogen-bond donors (Lipinski definition) is 1. The Morgan fingerprint density at radius 1 is 1.05 bits per heavy atom. The fourth-order valence-corrected chi connectivity index (χ4v) is 11.6. The number of methoxy groups -OCH3 is 1. The molecule has 2 amide bonds. The summed E-state index contributed by atoms with van der Waals surface area (Å²) in [7, 11) is -2.61. The number of benzene rings is 2. The number of rotatable bonds is 16. The number of likely N-dealkylation sites (tertiary alicyclic amines) is 1. The summed E-state index contributed by atoms with van der Waals surface area (Å²) in [5.74, 6) is -1.66. The minimum atomic E-state index is -3.89. The maximum absolute atomic E-state index is 15.1. The Hall–Kier alpha value is -5.26. The third-order valence-corrected chi connectivity index (χ3v) is 15.9. The van der Waals surface area contributed by atoms with Crippen LogP contribution < -0.4 is 14.2 Å². The molecule has 1 saturated heterocycles. The topological polar surface area (TPSA) is 184 Å². The van der Waals surface area contributed by atoms with E-state index in [0.717, 1.165) is 15.6 Å². The van der Waals surface area contributed by atoms with E-state index in [-0.39, 0.29) is 55.7 Å². The molecule has 5 aromatic rings. The Balaban J connectivity index is 1.14. The molecule has 0 unspecified atom stereocenters.